The van der Waals surface area contributed by atoms with Crippen molar-refractivity contribution in [3.05, 3.63) is 122 Å². The van der Waals surface area contributed by atoms with E-state index < -0.39 is 6.10 Å². The van der Waals surface area contributed by atoms with Crippen molar-refractivity contribution < 1.29 is 28.6 Å². The average Bonchev–Trinajstić information content (AvgIpc) is 3.47. The zero-order valence-electron chi connectivity index (χ0n) is 53.7. The lowest BCUT2D eigenvalue weighted by Crippen LogP contribution is -2.30. The lowest BCUT2D eigenvalue weighted by molar-refractivity contribution is -0.167. The van der Waals surface area contributed by atoms with Crippen LogP contribution in [0.25, 0.3) is 0 Å². The molecule has 0 aromatic rings. The standard InChI is InChI=1S/C76H128O6/c1-4-7-10-13-16-19-22-25-27-29-31-32-33-34-35-36-37-38-39-40-41-42-43-44-46-47-49-51-54-57-60-63-66-69-75(78)81-72-73(71-80-74(77)68-65-62-59-56-53-24-21-18-15-12-9-6-3)82-76(79)70-67-64-61-58-55-52-50-48-45-30-28-26-23-20-17-14-11-8-5-2/h7,10,16-17,19-20,25-28,31-32,34-35,37-38,40-41,45,48,73H,4-6,8-9,11-15,18,21-24,29-30,33,36,39,42-44,46-47,49-72H2,1-3H3/b10-7-,19-16-,20-17-,27-25-,28-26-,32-31-,35-34-,38-37-,41-40-,48-45-. The average molecular weight is 1140 g/mol. The zero-order valence-corrected chi connectivity index (χ0v) is 53.7. The van der Waals surface area contributed by atoms with Crippen LogP contribution in [0.4, 0.5) is 0 Å². The van der Waals surface area contributed by atoms with Gasteiger partial charge < -0.3 is 14.2 Å². The SMILES string of the molecule is CC/C=C\C/C=C\C/C=C\C/C=C\C/C=C\C/C=C\C/C=C\CCCCCCCCCCCCCC(=O)OCC(COC(=O)CCCCCCCCCCCCCC)OC(=O)CCCCCCCC/C=C\C/C=C\C/C=C\CCCCC. The van der Waals surface area contributed by atoms with E-state index in [1.54, 1.807) is 0 Å². The number of rotatable bonds is 62. The monoisotopic (exact) mass is 1140 g/mol. The molecule has 0 bridgehead atoms. The third-order valence-electron chi connectivity index (χ3n) is 14.7. The van der Waals surface area contributed by atoms with Crippen molar-refractivity contribution in [2.45, 2.75) is 329 Å². The fourth-order valence-electron chi connectivity index (χ4n) is 9.55. The summed E-state index contributed by atoms with van der Waals surface area (Å²) in [5.41, 5.74) is 0. The van der Waals surface area contributed by atoms with Crippen LogP contribution in [0.5, 0.6) is 0 Å². The molecule has 468 valence electrons. The molecule has 6 nitrogen and oxygen atoms in total. The van der Waals surface area contributed by atoms with Gasteiger partial charge in [-0.25, -0.2) is 0 Å². The maximum atomic E-state index is 12.9. The maximum Gasteiger partial charge on any atom is 0.306 e. The van der Waals surface area contributed by atoms with Gasteiger partial charge in [0.2, 0.25) is 0 Å². The molecular weight excluding hydrogens is 1010 g/mol. The fourth-order valence-corrected chi connectivity index (χ4v) is 9.55. The molecule has 0 aromatic carbocycles. The minimum atomic E-state index is -0.787. The Bertz CT molecular complexity index is 1690. The van der Waals surface area contributed by atoms with E-state index in [1.807, 2.05) is 0 Å². The minimum absolute atomic E-state index is 0.0823. The Morgan fingerprint density at radius 1 is 0.256 bits per heavy atom. The Hall–Kier alpha value is -4.19. The molecule has 0 saturated carbocycles. The van der Waals surface area contributed by atoms with Gasteiger partial charge in [0.25, 0.3) is 0 Å². The quantitative estimate of drug-likeness (QED) is 0.0261. The normalized spacial score (nSPS) is 12.9. The third-order valence-corrected chi connectivity index (χ3v) is 14.7. The van der Waals surface area contributed by atoms with Crippen molar-refractivity contribution in [2.75, 3.05) is 13.2 Å². The summed E-state index contributed by atoms with van der Waals surface area (Å²) in [6.45, 7) is 6.51. The number of esters is 3. The van der Waals surface area contributed by atoms with E-state index in [4.69, 9.17) is 14.2 Å². The smallest absolute Gasteiger partial charge is 0.306 e. The van der Waals surface area contributed by atoms with E-state index in [9.17, 15) is 14.4 Å². The molecule has 0 heterocycles. The number of ether oxygens (including phenoxy) is 3. The second-order valence-corrected chi connectivity index (χ2v) is 22.7. The molecule has 1 unspecified atom stereocenters. The van der Waals surface area contributed by atoms with Crippen LogP contribution in [0.1, 0.15) is 323 Å². The first kappa shape index (κ1) is 77.8. The predicted octanol–water partition coefficient (Wildman–Crippen LogP) is 23.9. The highest BCUT2D eigenvalue weighted by Crippen LogP contribution is 2.16. The van der Waals surface area contributed by atoms with Crippen LogP contribution in [0.15, 0.2) is 122 Å². The molecule has 0 saturated heterocycles. The molecule has 0 aromatic heterocycles. The van der Waals surface area contributed by atoms with Crippen LogP contribution >= 0.6 is 0 Å². The van der Waals surface area contributed by atoms with Gasteiger partial charge in [0.1, 0.15) is 13.2 Å². The number of hydrogen-bond acceptors (Lipinski definition) is 6. The highest BCUT2D eigenvalue weighted by molar-refractivity contribution is 5.71. The van der Waals surface area contributed by atoms with Crippen LogP contribution < -0.4 is 0 Å². The zero-order chi connectivity index (χ0) is 59.2. The summed E-state index contributed by atoms with van der Waals surface area (Å²) in [7, 11) is 0. The second kappa shape index (κ2) is 69.3. The molecule has 6 heteroatoms. The molecule has 0 rings (SSSR count). The summed E-state index contributed by atoms with van der Waals surface area (Å²) in [4.78, 5) is 38.4. The van der Waals surface area contributed by atoms with Gasteiger partial charge in [0.15, 0.2) is 6.10 Å². The fraction of sp³-hybridized carbons (Fsp3) is 0.697. The number of allylic oxidation sites excluding steroid dienone is 20. The highest BCUT2D eigenvalue weighted by atomic mass is 16.6. The Morgan fingerprint density at radius 2 is 0.476 bits per heavy atom. The molecule has 0 aliphatic heterocycles. The van der Waals surface area contributed by atoms with Crippen LogP contribution in [-0.2, 0) is 28.6 Å². The summed E-state index contributed by atoms with van der Waals surface area (Å²) < 4.78 is 16.9. The van der Waals surface area contributed by atoms with Crippen LogP contribution in [0.2, 0.25) is 0 Å². The van der Waals surface area contributed by atoms with Crippen molar-refractivity contribution in [1.29, 1.82) is 0 Å². The van der Waals surface area contributed by atoms with Gasteiger partial charge in [-0.1, -0.05) is 309 Å². The van der Waals surface area contributed by atoms with E-state index in [2.05, 4.69) is 142 Å². The van der Waals surface area contributed by atoms with E-state index in [0.717, 1.165) is 128 Å². The molecule has 0 N–H and O–H groups in total. The number of unbranched alkanes of at least 4 members (excludes halogenated alkanes) is 31. The first-order chi connectivity index (χ1) is 40.5. The molecule has 0 amide bonds. The summed E-state index contributed by atoms with van der Waals surface area (Å²) in [6, 6.07) is 0. The lowest BCUT2D eigenvalue weighted by atomic mass is 10.0. The maximum absolute atomic E-state index is 12.9. The molecule has 1 atom stereocenters. The van der Waals surface area contributed by atoms with Gasteiger partial charge in [-0.2, -0.15) is 0 Å². The van der Waals surface area contributed by atoms with E-state index in [0.29, 0.717) is 19.3 Å². The lowest BCUT2D eigenvalue weighted by Gasteiger charge is -2.18. The van der Waals surface area contributed by atoms with Crippen LogP contribution in [-0.4, -0.2) is 37.2 Å². The molecule has 0 fully saturated rings. The molecule has 0 radical (unpaired) electrons. The minimum Gasteiger partial charge on any atom is -0.462 e. The Balaban J connectivity index is 4.25. The first-order valence-electron chi connectivity index (χ1n) is 34.5. The van der Waals surface area contributed by atoms with Gasteiger partial charge in [-0.15, -0.1) is 0 Å². The largest absolute Gasteiger partial charge is 0.462 e. The van der Waals surface area contributed by atoms with Crippen molar-refractivity contribution in [1.82, 2.24) is 0 Å². The van der Waals surface area contributed by atoms with Crippen molar-refractivity contribution >= 4 is 17.9 Å². The number of carbonyl (C=O) groups excluding carboxylic acids is 3. The third kappa shape index (κ3) is 66.6. The molecule has 0 aliphatic rings. The van der Waals surface area contributed by atoms with Gasteiger partial charge in [0.05, 0.1) is 0 Å². The van der Waals surface area contributed by atoms with Crippen LogP contribution in [0, 0.1) is 0 Å². The Morgan fingerprint density at radius 3 is 0.768 bits per heavy atom. The van der Waals surface area contributed by atoms with E-state index in [1.165, 1.54) is 154 Å². The first-order valence-corrected chi connectivity index (χ1v) is 34.5. The Labute approximate surface area is 507 Å². The summed E-state index contributed by atoms with van der Waals surface area (Å²) in [5.74, 6) is -0.889. The summed E-state index contributed by atoms with van der Waals surface area (Å²) in [5, 5.41) is 0. The van der Waals surface area contributed by atoms with Crippen molar-refractivity contribution in [3.63, 3.8) is 0 Å². The highest BCUT2D eigenvalue weighted by Gasteiger charge is 2.19. The van der Waals surface area contributed by atoms with E-state index in [-0.39, 0.29) is 31.1 Å². The second-order valence-electron chi connectivity index (χ2n) is 22.7. The van der Waals surface area contributed by atoms with Gasteiger partial charge in [-0.05, 0) is 116 Å². The van der Waals surface area contributed by atoms with Crippen molar-refractivity contribution in [3.8, 4) is 0 Å². The number of carbonyl (C=O) groups is 3. The topological polar surface area (TPSA) is 78.9 Å². The summed E-state index contributed by atoms with van der Waals surface area (Å²) >= 11 is 0. The predicted molar refractivity (Wildman–Crippen MR) is 357 cm³/mol. The molecular formula is C76H128O6. The molecule has 0 aliphatic carbocycles. The van der Waals surface area contributed by atoms with Crippen molar-refractivity contribution in [2.24, 2.45) is 0 Å². The number of hydrogen-bond donors (Lipinski definition) is 0. The van der Waals surface area contributed by atoms with Crippen LogP contribution in [0.3, 0.4) is 0 Å². The van der Waals surface area contributed by atoms with Gasteiger partial charge in [-0.3, -0.25) is 14.4 Å². The Kier molecular flexibility index (Phi) is 65.8. The van der Waals surface area contributed by atoms with Gasteiger partial charge in [0, 0.05) is 19.3 Å². The van der Waals surface area contributed by atoms with E-state index >= 15 is 0 Å². The molecule has 82 heavy (non-hydrogen) atoms. The summed E-state index contributed by atoms with van der Waals surface area (Å²) in [6.07, 6.45) is 96.4. The van der Waals surface area contributed by atoms with Gasteiger partial charge >= 0.3 is 17.9 Å². The molecule has 0 spiro atoms.